The molecule has 0 unspecified atom stereocenters. The molecule has 1 aliphatic rings. The Labute approximate surface area is 359 Å². The van der Waals surface area contributed by atoms with Crippen LogP contribution in [0.25, 0.3) is 71.0 Å². The van der Waals surface area contributed by atoms with Crippen molar-refractivity contribution in [2.75, 3.05) is 4.90 Å². The molecular weight excluding hydrogens is 904 g/mol. The van der Waals surface area contributed by atoms with Gasteiger partial charge in [-0.2, -0.15) is 12.1 Å². The molecule has 0 saturated carbocycles. The predicted octanol–water partition coefficient (Wildman–Crippen LogP) is 14.0. The molecule has 1 aliphatic heterocycles. The first-order chi connectivity index (χ1) is 28.7. The first-order valence-electron chi connectivity index (χ1n) is 20.2. The normalized spacial score (nSPS) is 12.6. The molecule has 290 valence electrons. The zero-order valence-corrected chi connectivity index (χ0v) is 35.3. The molecule has 5 nitrogen and oxygen atoms in total. The van der Waals surface area contributed by atoms with Crippen LogP contribution in [0, 0.1) is 32.6 Å². The molecule has 4 heterocycles. The molecule has 0 bridgehead atoms. The van der Waals surface area contributed by atoms with Gasteiger partial charge in [0, 0.05) is 51.3 Å². The van der Waals surface area contributed by atoms with E-state index in [2.05, 4.69) is 156 Å². The molecule has 0 spiro atoms. The van der Waals surface area contributed by atoms with Crippen molar-refractivity contribution in [2.24, 2.45) is 0 Å². The zero-order chi connectivity index (χ0) is 40.0. The number of hydrogen-bond donors (Lipinski definition) is 0. The van der Waals surface area contributed by atoms with E-state index in [1.54, 1.807) is 6.20 Å². The number of nitrogens with zero attached hydrogens (tertiary/aromatic N) is 4. The van der Waals surface area contributed by atoms with E-state index in [0.717, 1.165) is 61.0 Å². The molecule has 3 aromatic heterocycles. The Morgan fingerprint density at radius 2 is 1.31 bits per heavy atom. The molecule has 7 aromatic carbocycles. The van der Waals surface area contributed by atoms with E-state index in [-0.39, 0.29) is 21.1 Å². The van der Waals surface area contributed by atoms with Gasteiger partial charge in [-0.05, 0) is 99.5 Å². The predicted molar refractivity (Wildman–Crippen MR) is 240 cm³/mol. The van der Waals surface area contributed by atoms with Crippen molar-refractivity contribution in [3.05, 3.63) is 187 Å². The van der Waals surface area contributed by atoms with Gasteiger partial charge in [-0.1, -0.05) is 133 Å². The number of anilines is 2. The maximum atomic E-state index is 8.69. The van der Waals surface area contributed by atoms with E-state index in [1.807, 2.05) is 50.2 Å². The van der Waals surface area contributed by atoms with Crippen molar-refractivity contribution < 1.29 is 27.2 Å². The second-order valence-electron chi connectivity index (χ2n) is 15.4. The number of rotatable bonds is 5. The molecule has 10 aromatic rings. The molecule has 59 heavy (non-hydrogen) atoms. The van der Waals surface area contributed by atoms with Crippen molar-refractivity contribution >= 4 is 76.5 Å². The maximum absolute atomic E-state index is 8.69. The van der Waals surface area contributed by atoms with Gasteiger partial charge >= 0.3 is 0 Å². The molecule has 0 fully saturated rings. The molecule has 0 N–H and O–H groups in total. The van der Waals surface area contributed by atoms with Crippen molar-refractivity contribution in [1.29, 1.82) is 0 Å². The quantitative estimate of drug-likeness (QED) is 0.161. The largest absolute Gasteiger partial charge is 0.509 e. The first kappa shape index (κ1) is 35.6. The van der Waals surface area contributed by atoms with Crippen LogP contribution < -0.4 is 9.64 Å². The smallest absolute Gasteiger partial charge is 0.135 e. The summed E-state index contributed by atoms with van der Waals surface area (Å²) in [6.45, 7) is 10.4. The third kappa shape index (κ3) is 5.95. The number of aromatic nitrogens is 3. The minimum atomic E-state index is -0.770. The van der Waals surface area contributed by atoms with Gasteiger partial charge in [0.05, 0.1) is 0 Å². The third-order valence-corrected chi connectivity index (χ3v) is 11.5. The SMILES string of the molecule is [2H]C(C)(C)c1ccnc(-n2c3[c-]c(Oc4[c-]c(N5[CH-]n6c7c(C)cccc7c7cc(C)ccc7c7ccccc7c7cccc5c76)ccc4)ccc3c3ccccc32)c1.[Pt]. The van der Waals surface area contributed by atoms with E-state index < -0.39 is 5.89 Å². The van der Waals surface area contributed by atoms with Crippen LogP contribution in [-0.2, 0) is 21.1 Å². The summed E-state index contributed by atoms with van der Waals surface area (Å²) in [5, 5.41) is 9.34. The molecule has 6 heteroatoms. The van der Waals surface area contributed by atoms with Gasteiger partial charge in [-0.3, -0.25) is 0 Å². The van der Waals surface area contributed by atoms with Crippen LogP contribution in [-0.4, -0.2) is 14.1 Å². The molecule has 0 aliphatic carbocycles. The van der Waals surface area contributed by atoms with E-state index in [0.29, 0.717) is 11.5 Å². The second kappa shape index (κ2) is 14.4. The summed E-state index contributed by atoms with van der Waals surface area (Å²) in [7, 11) is 0. The maximum Gasteiger partial charge on any atom is 0.135 e. The minimum Gasteiger partial charge on any atom is -0.509 e. The van der Waals surface area contributed by atoms with Gasteiger partial charge in [-0.15, -0.1) is 35.7 Å². The Kier molecular flexibility index (Phi) is 8.67. The third-order valence-electron chi connectivity index (χ3n) is 11.5. The number of hydrogen-bond acceptors (Lipinski definition) is 3. The summed E-state index contributed by atoms with van der Waals surface area (Å²) in [4.78, 5) is 6.99. The number of para-hydroxylation sites is 3. The van der Waals surface area contributed by atoms with Gasteiger partial charge in [0.2, 0.25) is 0 Å². The van der Waals surface area contributed by atoms with Crippen LogP contribution >= 0.6 is 0 Å². The van der Waals surface area contributed by atoms with Crippen LogP contribution in [0.5, 0.6) is 11.5 Å². The fourth-order valence-electron chi connectivity index (χ4n) is 8.84. The summed E-state index contributed by atoms with van der Waals surface area (Å²) in [5.74, 6) is 1.11. The van der Waals surface area contributed by atoms with E-state index in [1.165, 1.54) is 38.1 Å². The first-order valence-corrected chi connectivity index (χ1v) is 19.7. The van der Waals surface area contributed by atoms with Crippen molar-refractivity contribution in [3.8, 4) is 17.3 Å². The van der Waals surface area contributed by atoms with E-state index in [4.69, 9.17) is 11.1 Å². The van der Waals surface area contributed by atoms with Crippen LogP contribution in [0.15, 0.2) is 152 Å². The van der Waals surface area contributed by atoms with E-state index >= 15 is 0 Å². The van der Waals surface area contributed by atoms with Gasteiger partial charge < -0.3 is 18.8 Å². The van der Waals surface area contributed by atoms with Crippen LogP contribution in [0.1, 0.15) is 37.8 Å². The van der Waals surface area contributed by atoms with Crippen LogP contribution in [0.2, 0.25) is 0 Å². The molecule has 11 rings (SSSR count). The number of benzene rings is 7. The summed E-state index contributed by atoms with van der Waals surface area (Å²) in [5.41, 5.74) is 9.36. The number of pyridine rings is 1. The van der Waals surface area contributed by atoms with Crippen molar-refractivity contribution in [2.45, 2.75) is 33.6 Å². The Hall–Kier alpha value is -6.55. The molecule has 0 amide bonds. The fraction of sp³-hybridized carbons (Fsp3) is 0.0943. The number of aryl methyl sites for hydroxylation is 2. The Bertz CT molecular complexity index is 3430. The van der Waals surface area contributed by atoms with Crippen molar-refractivity contribution in [3.63, 3.8) is 0 Å². The molecule has 0 radical (unpaired) electrons. The summed E-state index contributed by atoms with van der Waals surface area (Å²) >= 11 is 0. The van der Waals surface area contributed by atoms with Crippen LogP contribution in [0.3, 0.4) is 0 Å². The Balaban J connectivity index is 0.00000433. The topological polar surface area (TPSA) is 35.2 Å². The average Bonchev–Trinajstić information content (AvgIpc) is 3.80. The molecule has 0 atom stereocenters. The van der Waals surface area contributed by atoms with Gasteiger partial charge in [0.25, 0.3) is 0 Å². The van der Waals surface area contributed by atoms with Crippen LogP contribution in [0.4, 0.5) is 11.4 Å². The monoisotopic (exact) mass is 943 g/mol. The van der Waals surface area contributed by atoms with Crippen molar-refractivity contribution in [1.82, 2.24) is 14.1 Å². The second-order valence-corrected chi connectivity index (χ2v) is 15.4. The zero-order valence-electron chi connectivity index (χ0n) is 34.0. The van der Waals surface area contributed by atoms with Gasteiger partial charge in [-0.25, -0.2) is 4.98 Å². The summed E-state index contributed by atoms with van der Waals surface area (Å²) in [6.07, 6.45) is 1.78. The number of fused-ring (bicyclic) bond motifs is 10. The number of ether oxygens (including phenoxy) is 1. The Morgan fingerprint density at radius 3 is 2.14 bits per heavy atom. The minimum absolute atomic E-state index is 0. The summed E-state index contributed by atoms with van der Waals surface area (Å²) < 4.78 is 19.8. The fourth-order valence-corrected chi connectivity index (χ4v) is 8.84. The summed E-state index contributed by atoms with van der Waals surface area (Å²) in [6, 6.07) is 58.3. The standard InChI is InChI=1S/C53H39N4O.Pt/c1-33(2)36-26-27-54-51(29-36)57-48-20-8-7-17-43(48)44-25-23-39(31-50(44)57)58-38-14-10-13-37(30-38)55-32-56-52-35(4)12-9-18-46(52)47-28-34(3)22-24-42(47)40-15-5-6-16-41(40)45-19-11-21-49(55)53(45)56;/h5-29,32-33H,1-4H3;/q-3;/i33D;. The van der Waals surface area contributed by atoms with Gasteiger partial charge in [0.1, 0.15) is 5.82 Å². The molecule has 0 saturated heterocycles. The molecular formula is C53H39N4OPt-3. The van der Waals surface area contributed by atoms with Gasteiger partial charge in [0.15, 0.2) is 0 Å². The average molecular weight is 944 g/mol. The van der Waals surface area contributed by atoms with E-state index in [9.17, 15) is 0 Å². The Morgan fingerprint density at radius 1 is 0.627 bits per heavy atom.